The number of benzene rings is 1. The minimum atomic E-state index is 0.0920. The Balaban J connectivity index is 1.90. The topological polar surface area (TPSA) is 95.4 Å². The number of nitrogens with two attached hydrogens (primary N) is 1. The van der Waals surface area contributed by atoms with Gasteiger partial charge in [0.15, 0.2) is 5.82 Å². The fourth-order valence-corrected chi connectivity index (χ4v) is 3.92. The third kappa shape index (κ3) is 3.66. The number of nitrogen functional groups attached to an aromatic ring is 1. The van der Waals surface area contributed by atoms with Crippen LogP contribution < -0.4 is 5.73 Å². The van der Waals surface area contributed by atoms with Gasteiger partial charge in [-0.3, -0.25) is 9.55 Å². The van der Waals surface area contributed by atoms with Crippen molar-refractivity contribution in [3.63, 3.8) is 0 Å². The normalized spacial score (nSPS) is 11.0. The second kappa shape index (κ2) is 7.75. The molecule has 28 heavy (non-hydrogen) atoms. The first-order valence-corrected chi connectivity index (χ1v) is 9.69. The fraction of sp³-hybridized carbons (Fsp3) is 0.0556. The summed E-state index contributed by atoms with van der Waals surface area (Å²) in [6.45, 7) is 1.95. The maximum absolute atomic E-state index is 6.36. The van der Waals surface area contributed by atoms with E-state index in [-0.39, 0.29) is 11.1 Å². The minimum Gasteiger partial charge on any atom is -0.368 e. The predicted octanol–water partition coefficient (Wildman–Crippen LogP) is 4.47. The van der Waals surface area contributed by atoms with Crippen molar-refractivity contribution in [2.75, 3.05) is 5.73 Å². The van der Waals surface area contributed by atoms with Crippen molar-refractivity contribution in [3.05, 3.63) is 64.5 Å². The van der Waals surface area contributed by atoms with Gasteiger partial charge in [-0.05, 0) is 48.5 Å². The summed E-state index contributed by atoms with van der Waals surface area (Å²) in [6, 6.07) is 11.0. The van der Waals surface area contributed by atoms with Crippen LogP contribution in [-0.2, 0) is 0 Å². The van der Waals surface area contributed by atoms with E-state index < -0.39 is 0 Å². The molecule has 0 bridgehead atoms. The molecule has 3 aromatic heterocycles. The smallest absolute Gasteiger partial charge is 0.222 e. The highest BCUT2D eigenvalue weighted by atomic mass is 35.5. The highest BCUT2D eigenvalue weighted by Crippen LogP contribution is 2.34. The monoisotopic (exact) mass is 429 g/mol. The van der Waals surface area contributed by atoms with Gasteiger partial charge in [0.05, 0.1) is 5.69 Å². The lowest BCUT2D eigenvalue weighted by molar-refractivity contribution is 0.876. The van der Waals surface area contributed by atoms with Gasteiger partial charge >= 0.3 is 0 Å². The lowest BCUT2D eigenvalue weighted by atomic mass is 10.2. The van der Waals surface area contributed by atoms with Crippen LogP contribution >= 0.6 is 35.0 Å². The fourth-order valence-electron chi connectivity index (χ4n) is 2.64. The summed E-state index contributed by atoms with van der Waals surface area (Å²) >= 11 is 13.6. The van der Waals surface area contributed by atoms with Gasteiger partial charge in [-0.25, -0.2) is 9.97 Å². The molecule has 0 unspecified atom stereocenters. The molecule has 140 valence electrons. The zero-order chi connectivity index (χ0) is 19.7. The molecule has 0 radical (unpaired) electrons. The van der Waals surface area contributed by atoms with Crippen molar-refractivity contribution in [2.24, 2.45) is 0 Å². The van der Waals surface area contributed by atoms with Crippen LogP contribution in [0.25, 0.3) is 17.1 Å². The third-order valence-corrected chi connectivity index (χ3v) is 5.40. The number of pyridine rings is 1. The van der Waals surface area contributed by atoms with E-state index in [2.05, 4.69) is 25.1 Å². The zero-order valence-electron chi connectivity index (χ0n) is 14.5. The first-order chi connectivity index (χ1) is 13.5. The van der Waals surface area contributed by atoms with Gasteiger partial charge in [-0.15, -0.1) is 10.2 Å². The van der Waals surface area contributed by atoms with Crippen LogP contribution in [0.5, 0.6) is 0 Å². The molecule has 0 amide bonds. The maximum atomic E-state index is 6.36. The molecule has 0 aliphatic heterocycles. The van der Waals surface area contributed by atoms with Gasteiger partial charge in [0.1, 0.15) is 10.2 Å². The molecule has 0 atom stereocenters. The number of nitrogens with zero attached hydrogens (tertiary/aromatic N) is 6. The molecule has 0 saturated heterocycles. The van der Waals surface area contributed by atoms with Gasteiger partial charge in [0.25, 0.3) is 0 Å². The quantitative estimate of drug-likeness (QED) is 0.478. The van der Waals surface area contributed by atoms with Gasteiger partial charge in [0.2, 0.25) is 11.1 Å². The van der Waals surface area contributed by atoms with E-state index in [1.165, 1.54) is 11.8 Å². The number of hydrogen-bond acceptors (Lipinski definition) is 7. The van der Waals surface area contributed by atoms with Crippen LogP contribution in [0.2, 0.25) is 10.2 Å². The Morgan fingerprint density at radius 1 is 1.04 bits per heavy atom. The molecule has 4 rings (SSSR count). The Hall–Kier alpha value is -2.68. The Kier molecular flexibility index (Phi) is 5.17. The molecule has 1 aromatic carbocycles. The average Bonchev–Trinajstić information content (AvgIpc) is 3.07. The minimum absolute atomic E-state index is 0.0920. The van der Waals surface area contributed by atoms with Crippen LogP contribution in [0.15, 0.2) is 59.0 Å². The van der Waals surface area contributed by atoms with E-state index in [1.54, 1.807) is 18.5 Å². The van der Waals surface area contributed by atoms with E-state index in [0.29, 0.717) is 21.0 Å². The third-order valence-electron chi connectivity index (χ3n) is 3.94. The van der Waals surface area contributed by atoms with E-state index >= 15 is 0 Å². The Morgan fingerprint density at radius 3 is 2.57 bits per heavy atom. The first-order valence-electron chi connectivity index (χ1n) is 8.12. The maximum Gasteiger partial charge on any atom is 0.222 e. The molecule has 0 aliphatic carbocycles. The SMILES string of the molecule is Cc1c(Cl)cccc1-n1c(Sc2cc(Cl)nc(N)n2)nnc1-c1ccncc1. The van der Waals surface area contributed by atoms with Gasteiger partial charge in [0, 0.05) is 29.0 Å². The largest absolute Gasteiger partial charge is 0.368 e. The van der Waals surface area contributed by atoms with E-state index in [0.717, 1.165) is 16.8 Å². The van der Waals surface area contributed by atoms with E-state index in [1.807, 2.05) is 41.8 Å². The summed E-state index contributed by atoms with van der Waals surface area (Å²) in [6.07, 6.45) is 3.41. The summed E-state index contributed by atoms with van der Waals surface area (Å²) in [5.41, 5.74) is 8.35. The summed E-state index contributed by atoms with van der Waals surface area (Å²) in [5.74, 6) is 0.748. The second-order valence-electron chi connectivity index (χ2n) is 5.75. The highest BCUT2D eigenvalue weighted by Gasteiger charge is 2.19. The molecule has 3 heterocycles. The lowest BCUT2D eigenvalue weighted by Crippen LogP contribution is -2.03. The predicted molar refractivity (Wildman–Crippen MR) is 110 cm³/mol. The molecule has 0 aliphatic rings. The van der Waals surface area contributed by atoms with E-state index in [9.17, 15) is 0 Å². The van der Waals surface area contributed by atoms with Crippen molar-refractivity contribution in [1.82, 2.24) is 29.7 Å². The van der Waals surface area contributed by atoms with Crippen molar-refractivity contribution < 1.29 is 0 Å². The van der Waals surface area contributed by atoms with Crippen molar-refractivity contribution in [2.45, 2.75) is 17.1 Å². The number of hydrogen-bond donors (Lipinski definition) is 1. The summed E-state index contributed by atoms with van der Waals surface area (Å²) in [7, 11) is 0. The van der Waals surface area contributed by atoms with Crippen LogP contribution in [-0.4, -0.2) is 29.7 Å². The van der Waals surface area contributed by atoms with Crippen LogP contribution in [0.1, 0.15) is 5.56 Å². The molecular formula is C18H13Cl2N7S. The number of halogens is 2. The van der Waals surface area contributed by atoms with E-state index in [4.69, 9.17) is 28.9 Å². The lowest BCUT2D eigenvalue weighted by Gasteiger charge is -2.13. The van der Waals surface area contributed by atoms with Crippen molar-refractivity contribution >= 4 is 40.9 Å². The summed E-state index contributed by atoms with van der Waals surface area (Å²) in [4.78, 5) is 12.2. The standard InChI is InChI=1S/C18H13Cl2N7S/c1-10-12(19)3-2-4-13(10)27-16(11-5-7-22-8-6-11)25-26-18(27)28-15-9-14(20)23-17(21)24-15/h2-9H,1H3,(H2,21,23,24). The van der Waals surface area contributed by atoms with Crippen LogP contribution in [0.4, 0.5) is 5.95 Å². The van der Waals surface area contributed by atoms with Crippen molar-refractivity contribution in [1.29, 1.82) is 0 Å². The van der Waals surface area contributed by atoms with Gasteiger partial charge < -0.3 is 5.73 Å². The number of anilines is 1. The molecule has 2 N–H and O–H groups in total. The highest BCUT2D eigenvalue weighted by molar-refractivity contribution is 7.99. The average molecular weight is 430 g/mol. The zero-order valence-corrected chi connectivity index (χ0v) is 16.9. The number of aromatic nitrogens is 6. The Morgan fingerprint density at radius 2 is 1.82 bits per heavy atom. The Labute approximate surface area is 175 Å². The molecule has 7 nitrogen and oxygen atoms in total. The van der Waals surface area contributed by atoms with Crippen LogP contribution in [0, 0.1) is 6.92 Å². The number of rotatable bonds is 4. The van der Waals surface area contributed by atoms with Gasteiger partial charge in [-0.1, -0.05) is 29.3 Å². The molecular weight excluding hydrogens is 417 g/mol. The molecule has 0 saturated carbocycles. The second-order valence-corrected chi connectivity index (χ2v) is 7.53. The first kappa shape index (κ1) is 18.7. The summed E-state index contributed by atoms with van der Waals surface area (Å²) in [5, 5.41) is 10.8. The summed E-state index contributed by atoms with van der Waals surface area (Å²) < 4.78 is 1.92. The molecule has 0 fully saturated rings. The molecule has 4 aromatic rings. The Bertz CT molecular complexity index is 1130. The van der Waals surface area contributed by atoms with Gasteiger partial charge in [-0.2, -0.15) is 0 Å². The van der Waals surface area contributed by atoms with Crippen molar-refractivity contribution in [3.8, 4) is 17.1 Å². The van der Waals surface area contributed by atoms with Crippen LogP contribution in [0.3, 0.4) is 0 Å². The molecule has 10 heteroatoms. The molecule has 0 spiro atoms.